The van der Waals surface area contributed by atoms with E-state index in [-0.39, 0.29) is 11.9 Å². The number of hydrazine groups is 1. The molecule has 1 aliphatic carbocycles. The molecule has 0 bridgehead atoms. The van der Waals surface area contributed by atoms with Crippen molar-refractivity contribution in [1.29, 1.82) is 0 Å². The number of nitrogens with two attached hydrogens (primary N) is 1. The fraction of sp³-hybridized carbons (Fsp3) is 0.538. The Morgan fingerprint density at radius 2 is 2.22 bits per heavy atom. The van der Waals surface area contributed by atoms with E-state index in [1.807, 2.05) is 0 Å². The maximum Gasteiger partial charge on any atom is 0.255 e. The Morgan fingerprint density at radius 1 is 1.50 bits per heavy atom. The summed E-state index contributed by atoms with van der Waals surface area (Å²) in [6, 6.07) is 3.65. The Bertz CT molecular complexity index is 415. The standard InChI is InChI=1S/C13H20N4O/c1-9(10-5-2-3-6-10)16-13(18)11-7-4-8-15-12(11)17-14/h4,7-10H,2-3,5-6,14H2,1H3,(H,15,17)(H,16,18). The topological polar surface area (TPSA) is 80.0 Å². The fourth-order valence-corrected chi connectivity index (χ4v) is 2.56. The fourth-order valence-electron chi connectivity index (χ4n) is 2.56. The summed E-state index contributed by atoms with van der Waals surface area (Å²) >= 11 is 0. The van der Waals surface area contributed by atoms with Gasteiger partial charge in [-0.2, -0.15) is 0 Å². The van der Waals surface area contributed by atoms with Gasteiger partial charge in [0.2, 0.25) is 0 Å². The molecular weight excluding hydrogens is 228 g/mol. The monoisotopic (exact) mass is 248 g/mol. The van der Waals surface area contributed by atoms with Gasteiger partial charge in [0.25, 0.3) is 5.91 Å². The molecule has 0 radical (unpaired) electrons. The molecular formula is C13H20N4O. The van der Waals surface area contributed by atoms with E-state index >= 15 is 0 Å². The number of carbonyl (C=O) groups excluding carboxylic acids is 1. The second-order valence-electron chi connectivity index (χ2n) is 4.85. The Kier molecular flexibility index (Phi) is 4.15. The minimum absolute atomic E-state index is 0.115. The molecule has 0 aromatic carbocycles. The molecule has 98 valence electrons. The van der Waals surface area contributed by atoms with Crippen molar-refractivity contribution in [3.63, 3.8) is 0 Å². The van der Waals surface area contributed by atoms with Crippen molar-refractivity contribution in [3.05, 3.63) is 23.9 Å². The zero-order valence-corrected chi connectivity index (χ0v) is 10.6. The molecule has 5 nitrogen and oxygen atoms in total. The van der Waals surface area contributed by atoms with Crippen LogP contribution in [-0.4, -0.2) is 16.9 Å². The lowest BCUT2D eigenvalue weighted by Crippen LogP contribution is -2.37. The number of carbonyl (C=O) groups is 1. The molecule has 2 rings (SSSR count). The van der Waals surface area contributed by atoms with Crippen LogP contribution in [0.3, 0.4) is 0 Å². The second kappa shape index (κ2) is 5.82. The average Bonchev–Trinajstić information content (AvgIpc) is 2.92. The molecule has 1 heterocycles. The third kappa shape index (κ3) is 2.79. The minimum Gasteiger partial charge on any atom is -0.349 e. The number of aromatic nitrogens is 1. The second-order valence-corrected chi connectivity index (χ2v) is 4.85. The van der Waals surface area contributed by atoms with Crippen LogP contribution in [0, 0.1) is 5.92 Å². The first-order chi connectivity index (χ1) is 8.72. The molecule has 1 fully saturated rings. The highest BCUT2D eigenvalue weighted by Gasteiger charge is 2.23. The molecule has 4 N–H and O–H groups in total. The van der Waals surface area contributed by atoms with Gasteiger partial charge in [-0.05, 0) is 37.8 Å². The summed E-state index contributed by atoms with van der Waals surface area (Å²) in [5, 5.41) is 3.04. The van der Waals surface area contributed by atoms with E-state index in [9.17, 15) is 4.79 Å². The van der Waals surface area contributed by atoms with Crippen LogP contribution in [0.5, 0.6) is 0 Å². The number of hydrogen-bond donors (Lipinski definition) is 3. The third-order valence-electron chi connectivity index (χ3n) is 3.65. The van der Waals surface area contributed by atoms with E-state index in [1.54, 1.807) is 18.3 Å². The third-order valence-corrected chi connectivity index (χ3v) is 3.65. The molecule has 1 aromatic rings. The van der Waals surface area contributed by atoms with E-state index in [4.69, 9.17) is 5.84 Å². The molecule has 1 unspecified atom stereocenters. The zero-order chi connectivity index (χ0) is 13.0. The van der Waals surface area contributed by atoms with Crippen LogP contribution < -0.4 is 16.6 Å². The number of hydrogen-bond acceptors (Lipinski definition) is 4. The van der Waals surface area contributed by atoms with Gasteiger partial charge < -0.3 is 10.7 Å². The largest absolute Gasteiger partial charge is 0.349 e. The maximum absolute atomic E-state index is 12.1. The van der Waals surface area contributed by atoms with Crippen LogP contribution >= 0.6 is 0 Å². The molecule has 1 aliphatic rings. The summed E-state index contributed by atoms with van der Waals surface area (Å²) in [6.07, 6.45) is 6.56. The summed E-state index contributed by atoms with van der Waals surface area (Å²) in [5.41, 5.74) is 2.94. The van der Waals surface area contributed by atoms with Gasteiger partial charge in [-0.1, -0.05) is 12.8 Å². The van der Waals surface area contributed by atoms with E-state index in [0.717, 1.165) is 0 Å². The van der Waals surface area contributed by atoms with Crippen LogP contribution in [0.25, 0.3) is 0 Å². The Morgan fingerprint density at radius 3 is 2.89 bits per heavy atom. The number of rotatable bonds is 4. The van der Waals surface area contributed by atoms with Gasteiger partial charge in [-0.15, -0.1) is 0 Å². The van der Waals surface area contributed by atoms with Crippen LogP contribution in [0.1, 0.15) is 43.0 Å². The maximum atomic E-state index is 12.1. The summed E-state index contributed by atoms with van der Waals surface area (Å²) < 4.78 is 0. The summed E-state index contributed by atoms with van der Waals surface area (Å²) in [7, 11) is 0. The van der Waals surface area contributed by atoms with Crippen LogP contribution in [0.15, 0.2) is 18.3 Å². The van der Waals surface area contributed by atoms with E-state index < -0.39 is 0 Å². The highest BCUT2D eigenvalue weighted by atomic mass is 16.1. The number of amides is 1. The Hall–Kier alpha value is -1.62. The van der Waals surface area contributed by atoms with E-state index in [0.29, 0.717) is 17.3 Å². The van der Waals surface area contributed by atoms with E-state index in [1.165, 1.54) is 25.7 Å². The van der Waals surface area contributed by atoms with Crippen LogP contribution in [-0.2, 0) is 0 Å². The van der Waals surface area contributed by atoms with Gasteiger partial charge in [-0.25, -0.2) is 10.8 Å². The van der Waals surface area contributed by atoms with Gasteiger partial charge >= 0.3 is 0 Å². The molecule has 0 aliphatic heterocycles. The highest BCUT2D eigenvalue weighted by Crippen LogP contribution is 2.27. The Labute approximate surface area is 107 Å². The predicted molar refractivity (Wildman–Crippen MR) is 70.9 cm³/mol. The summed E-state index contributed by atoms with van der Waals surface area (Å²) in [6.45, 7) is 2.07. The molecule has 1 aromatic heterocycles. The van der Waals surface area contributed by atoms with Crippen molar-refractivity contribution in [1.82, 2.24) is 10.3 Å². The average molecular weight is 248 g/mol. The van der Waals surface area contributed by atoms with E-state index in [2.05, 4.69) is 22.7 Å². The lowest BCUT2D eigenvalue weighted by molar-refractivity contribution is 0.0927. The minimum atomic E-state index is -0.115. The molecule has 18 heavy (non-hydrogen) atoms. The number of pyridine rings is 1. The van der Waals surface area contributed by atoms with Gasteiger partial charge in [0.05, 0.1) is 5.56 Å². The molecule has 1 atom stereocenters. The van der Waals surface area contributed by atoms with Gasteiger partial charge in [0.15, 0.2) is 5.82 Å². The normalized spacial score (nSPS) is 17.4. The lowest BCUT2D eigenvalue weighted by Gasteiger charge is -2.20. The van der Waals surface area contributed by atoms with Crippen molar-refractivity contribution < 1.29 is 4.79 Å². The highest BCUT2D eigenvalue weighted by molar-refractivity contribution is 5.98. The van der Waals surface area contributed by atoms with Gasteiger partial charge in [0.1, 0.15) is 0 Å². The SMILES string of the molecule is CC(NC(=O)c1cccnc1NN)C1CCCC1. The summed E-state index contributed by atoms with van der Waals surface area (Å²) in [4.78, 5) is 16.2. The smallest absolute Gasteiger partial charge is 0.255 e. The van der Waals surface area contributed by atoms with Gasteiger partial charge in [-0.3, -0.25) is 4.79 Å². The first kappa shape index (κ1) is 12.8. The van der Waals surface area contributed by atoms with Crippen molar-refractivity contribution in [2.24, 2.45) is 11.8 Å². The van der Waals surface area contributed by atoms with Crippen LogP contribution in [0.4, 0.5) is 5.82 Å². The van der Waals surface area contributed by atoms with Crippen molar-refractivity contribution in [2.45, 2.75) is 38.6 Å². The lowest BCUT2D eigenvalue weighted by atomic mass is 9.99. The van der Waals surface area contributed by atoms with Crippen LogP contribution in [0.2, 0.25) is 0 Å². The molecule has 0 saturated heterocycles. The van der Waals surface area contributed by atoms with Gasteiger partial charge in [0, 0.05) is 12.2 Å². The van der Waals surface area contributed by atoms with Crippen molar-refractivity contribution >= 4 is 11.7 Å². The molecule has 1 saturated carbocycles. The Balaban J connectivity index is 2.02. The number of anilines is 1. The first-order valence-corrected chi connectivity index (χ1v) is 6.45. The number of nitrogens with one attached hydrogen (secondary N) is 2. The first-order valence-electron chi connectivity index (χ1n) is 6.45. The predicted octanol–water partition coefficient (Wildman–Crippen LogP) is 1.68. The molecule has 5 heteroatoms. The van der Waals surface area contributed by atoms with Crippen molar-refractivity contribution in [2.75, 3.05) is 5.43 Å². The number of nitrogens with zero attached hydrogens (tertiary/aromatic N) is 1. The molecule has 0 spiro atoms. The molecule has 1 amide bonds. The number of nitrogen functional groups attached to an aromatic ring is 1. The van der Waals surface area contributed by atoms with Crippen molar-refractivity contribution in [3.8, 4) is 0 Å². The zero-order valence-electron chi connectivity index (χ0n) is 10.6. The summed E-state index contributed by atoms with van der Waals surface area (Å²) in [5.74, 6) is 6.24. The quantitative estimate of drug-likeness (QED) is 0.559.